The first-order valence-corrected chi connectivity index (χ1v) is 7.36. The van der Waals surface area contributed by atoms with E-state index >= 15 is 0 Å². The summed E-state index contributed by atoms with van der Waals surface area (Å²) in [5.41, 5.74) is 0. The second-order valence-corrected chi connectivity index (χ2v) is 5.99. The molecule has 1 aliphatic heterocycles. The van der Waals surface area contributed by atoms with Crippen molar-refractivity contribution in [1.82, 2.24) is 0 Å². The Labute approximate surface area is 107 Å². The minimum absolute atomic E-state index is 0.326. The van der Waals surface area contributed by atoms with Crippen molar-refractivity contribution in [2.75, 3.05) is 13.2 Å². The van der Waals surface area contributed by atoms with Crippen LogP contribution in [0.1, 0.15) is 46.0 Å². The fourth-order valence-electron chi connectivity index (χ4n) is 1.86. The van der Waals surface area contributed by atoms with E-state index in [4.69, 9.17) is 9.47 Å². The van der Waals surface area contributed by atoms with Crippen LogP contribution in [0, 0.1) is 0 Å². The Kier molecular flexibility index (Phi) is 7.17. The van der Waals surface area contributed by atoms with Crippen LogP contribution < -0.4 is 0 Å². The van der Waals surface area contributed by atoms with Crippen LogP contribution in [0.4, 0.5) is 0 Å². The third kappa shape index (κ3) is 5.50. The van der Waals surface area contributed by atoms with Crippen LogP contribution in [0.5, 0.6) is 0 Å². The zero-order chi connectivity index (χ0) is 11.1. The lowest BCUT2D eigenvalue weighted by atomic mass is 10.1. The topological polar surface area (TPSA) is 18.5 Å². The molecule has 0 aromatic heterocycles. The van der Waals surface area contributed by atoms with Crippen LogP contribution in [-0.2, 0) is 9.47 Å². The molecule has 1 saturated heterocycles. The van der Waals surface area contributed by atoms with Crippen LogP contribution in [-0.4, -0.2) is 29.3 Å². The van der Waals surface area contributed by atoms with Gasteiger partial charge in [0.05, 0.1) is 29.3 Å². The van der Waals surface area contributed by atoms with E-state index in [2.05, 4.69) is 36.4 Å². The maximum atomic E-state index is 5.97. The Bertz CT molecular complexity index is 164. The third-order valence-corrected chi connectivity index (χ3v) is 4.00. The summed E-state index contributed by atoms with van der Waals surface area (Å²) in [6.07, 6.45) is 7.22. The Morgan fingerprint density at radius 2 is 2.13 bits per heavy atom. The Balaban J connectivity index is 2.04. The van der Waals surface area contributed by atoms with Gasteiger partial charge in [-0.1, -0.05) is 55.2 Å². The Morgan fingerprint density at radius 1 is 1.33 bits per heavy atom. The van der Waals surface area contributed by atoms with Crippen LogP contribution in [0.15, 0.2) is 0 Å². The van der Waals surface area contributed by atoms with E-state index in [1.54, 1.807) is 0 Å². The van der Waals surface area contributed by atoms with Crippen molar-refractivity contribution in [1.29, 1.82) is 0 Å². The van der Waals surface area contributed by atoms with E-state index in [0.29, 0.717) is 16.1 Å². The molecule has 0 amide bonds. The molecule has 0 radical (unpaired) electrons. The van der Waals surface area contributed by atoms with Gasteiger partial charge < -0.3 is 9.47 Å². The van der Waals surface area contributed by atoms with Gasteiger partial charge in [-0.3, -0.25) is 0 Å². The average molecular weight is 326 g/mol. The predicted molar refractivity (Wildman–Crippen MR) is 71.7 cm³/mol. The van der Waals surface area contributed by atoms with E-state index in [0.717, 1.165) is 13.2 Å². The summed E-state index contributed by atoms with van der Waals surface area (Å²) in [4.78, 5) is 0. The van der Waals surface area contributed by atoms with Crippen LogP contribution in [0.25, 0.3) is 0 Å². The first-order valence-electron chi connectivity index (χ1n) is 6.11. The van der Waals surface area contributed by atoms with Gasteiger partial charge in [-0.2, -0.15) is 0 Å². The summed E-state index contributed by atoms with van der Waals surface area (Å²) < 4.78 is 11.9. The van der Waals surface area contributed by atoms with E-state index in [-0.39, 0.29) is 0 Å². The number of halogens is 1. The highest BCUT2D eigenvalue weighted by atomic mass is 127. The average Bonchev–Trinajstić information content (AvgIpc) is 2.59. The molecule has 0 aromatic carbocycles. The Morgan fingerprint density at radius 3 is 2.73 bits per heavy atom. The zero-order valence-corrected chi connectivity index (χ0v) is 12.0. The normalized spacial score (nSPS) is 28.2. The fraction of sp³-hybridized carbons (Fsp3) is 1.00. The second-order valence-electron chi connectivity index (χ2n) is 4.39. The molecule has 1 rings (SSSR count). The molecule has 2 nitrogen and oxygen atoms in total. The maximum Gasteiger partial charge on any atom is 0.0951 e. The molecule has 0 aromatic rings. The predicted octanol–water partition coefficient (Wildman–Crippen LogP) is 3.56. The molecule has 1 heterocycles. The van der Waals surface area contributed by atoms with Gasteiger partial charge in [0.1, 0.15) is 0 Å². The molecule has 0 N–H and O–H groups in total. The molecule has 15 heavy (non-hydrogen) atoms. The first kappa shape index (κ1) is 13.7. The quantitative estimate of drug-likeness (QED) is 0.405. The lowest BCUT2D eigenvalue weighted by Gasteiger charge is -2.19. The van der Waals surface area contributed by atoms with Gasteiger partial charge >= 0.3 is 0 Å². The smallest absolute Gasteiger partial charge is 0.0951 e. The third-order valence-electron chi connectivity index (χ3n) is 2.83. The lowest BCUT2D eigenvalue weighted by molar-refractivity contribution is -0.00817. The molecule has 1 fully saturated rings. The van der Waals surface area contributed by atoms with Crippen molar-refractivity contribution in [3.05, 3.63) is 0 Å². The molecule has 0 aliphatic carbocycles. The van der Waals surface area contributed by atoms with Crippen LogP contribution in [0.3, 0.4) is 0 Å². The lowest BCUT2D eigenvalue weighted by Crippen LogP contribution is -2.26. The molecule has 1 aliphatic rings. The van der Waals surface area contributed by atoms with Gasteiger partial charge in [0, 0.05) is 0 Å². The van der Waals surface area contributed by atoms with Gasteiger partial charge in [-0.05, 0) is 13.3 Å². The van der Waals surface area contributed by atoms with E-state index in [1.165, 1.54) is 32.1 Å². The fourth-order valence-corrected chi connectivity index (χ4v) is 2.49. The summed E-state index contributed by atoms with van der Waals surface area (Å²) in [5.74, 6) is 0. The molecule has 0 spiro atoms. The SMILES string of the molecule is CCCCCCC(C)OC1COCC1I. The van der Waals surface area contributed by atoms with Crippen molar-refractivity contribution in [3.8, 4) is 0 Å². The number of hydrogen-bond acceptors (Lipinski definition) is 2. The highest BCUT2D eigenvalue weighted by Gasteiger charge is 2.27. The molecule has 3 atom stereocenters. The minimum Gasteiger partial charge on any atom is -0.378 e. The highest BCUT2D eigenvalue weighted by Crippen LogP contribution is 2.20. The summed E-state index contributed by atoms with van der Waals surface area (Å²) in [6.45, 7) is 6.07. The molecule has 3 unspecified atom stereocenters. The van der Waals surface area contributed by atoms with Crippen molar-refractivity contribution in [3.63, 3.8) is 0 Å². The van der Waals surface area contributed by atoms with Crippen molar-refractivity contribution < 1.29 is 9.47 Å². The summed E-state index contributed by atoms with van der Waals surface area (Å²) in [6, 6.07) is 0. The molecular weight excluding hydrogens is 303 g/mol. The van der Waals surface area contributed by atoms with Gasteiger partial charge in [-0.15, -0.1) is 0 Å². The van der Waals surface area contributed by atoms with E-state index in [1.807, 2.05) is 0 Å². The number of alkyl halides is 1. The van der Waals surface area contributed by atoms with Gasteiger partial charge in [0.2, 0.25) is 0 Å². The first-order chi connectivity index (χ1) is 7.24. The number of ether oxygens (including phenoxy) is 2. The molecule has 90 valence electrons. The second kappa shape index (κ2) is 7.85. The standard InChI is InChI=1S/C12H23IO2/c1-3-4-5-6-7-10(2)15-12-9-14-8-11(12)13/h10-12H,3-9H2,1-2H3. The number of hydrogen-bond donors (Lipinski definition) is 0. The molecular formula is C12H23IO2. The summed E-state index contributed by atoms with van der Waals surface area (Å²) >= 11 is 2.43. The monoisotopic (exact) mass is 326 g/mol. The van der Waals surface area contributed by atoms with Crippen molar-refractivity contribution in [2.45, 2.75) is 62.1 Å². The summed E-state index contributed by atoms with van der Waals surface area (Å²) in [5, 5.41) is 0. The molecule has 0 saturated carbocycles. The zero-order valence-electron chi connectivity index (χ0n) is 9.88. The van der Waals surface area contributed by atoms with E-state index < -0.39 is 0 Å². The number of unbranched alkanes of at least 4 members (excludes halogenated alkanes) is 3. The summed E-state index contributed by atoms with van der Waals surface area (Å²) in [7, 11) is 0. The largest absolute Gasteiger partial charge is 0.378 e. The maximum absolute atomic E-state index is 5.97. The van der Waals surface area contributed by atoms with Crippen LogP contribution in [0.2, 0.25) is 0 Å². The van der Waals surface area contributed by atoms with Crippen molar-refractivity contribution in [2.24, 2.45) is 0 Å². The van der Waals surface area contributed by atoms with E-state index in [9.17, 15) is 0 Å². The van der Waals surface area contributed by atoms with Gasteiger partial charge in [0.25, 0.3) is 0 Å². The van der Waals surface area contributed by atoms with Gasteiger partial charge in [-0.25, -0.2) is 0 Å². The molecule has 3 heteroatoms. The Hall–Kier alpha value is 0.650. The molecule has 0 bridgehead atoms. The van der Waals surface area contributed by atoms with Crippen molar-refractivity contribution >= 4 is 22.6 Å². The van der Waals surface area contributed by atoms with Crippen LogP contribution >= 0.6 is 22.6 Å². The highest BCUT2D eigenvalue weighted by molar-refractivity contribution is 14.1. The minimum atomic E-state index is 0.326. The van der Waals surface area contributed by atoms with Gasteiger partial charge in [0.15, 0.2) is 0 Å². The number of rotatable bonds is 7.